The lowest BCUT2D eigenvalue weighted by molar-refractivity contribution is 0.414. The number of halogens is 1. The van der Waals surface area contributed by atoms with Gasteiger partial charge >= 0.3 is 0 Å². The number of ether oxygens (including phenoxy) is 2. The first-order valence-electron chi connectivity index (χ1n) is 7.81. The highest BCUT2D eigenvalue weighted by Gasteiger charge is 2.12. The van der Waals surface area contributed by atoms with Gasteiger partial charge < -0.3 is 9.47 Å². The topological polar surface area (TPSA) is 49.2 Å². The second-order valence-electron chi connectivity index (χ2n) is 5.72. The van der Waals surface area contributed by atoms with Crippen molar-refractivity contribution in [1.82, 2.24) is 14.8 Å². The van der Waals surface area contributed by atoms with E-state index in [-0.39, 0.29) is 0 Å². The summed E-state index contributed by atoms with van der Waals surface area (Å²) in [6.07, 6.45) is 1.92. The first kappa shape index (κ1) is 15.7. The van der Waals surface area contributed by atoms with Crippen molar-refractivity contribution < 1.29 is 9.47 Å². The van der Waals surface area contributed by atoms with Crippen LogP contribution < -0.4 is 9.47 Å². The predicted molar refractivity (Wildman–Crippen MR) is 98.7 cm³/mol. The highest BCUT2D eigenvalue weighted by Crippen LogP contribution is 2.30. The van der Waals surface area contributed by atoms with Gasteiger partial charge in [-0.3, -0.25) is 4.68 Å². The molecule has 0 atom stereocenters. The van der Waals surface area contributed by atoms with Crippen molar-refractivity contribution in [2.24, 2.45) is 0 Å². The fraction of sp³-hybridized carbons (Fsp3) is 0.158. The molecule has 5 nitrogen and oxygen atoms in total. The zero-order chi connectivity index (χ0) is 17.4. The molecule has 0 saturated carbocycles. The van der Waals surface area contributed by atoms with E-state index in [1.165, 1.54) is 0 Å². The Kier molecular flexibility index (Phi) is 3.93. The number of aromatic nitrogens is 3. The van der Waals surface area contributed by atoms with Crippen LogP contribution in [0.1, 0.15) is 5.56 Å². The summed E-state index contributed by atoms with van der Waals surface area (Å²) in [7, 11) is 3.30. The van der Waals surface area contributed by atoms with E-state index in [2.05, 4.69) is 4.98 Å². The Hall–Kier alpha value is -2.79. The summed E-state index contributed by atoms with van der Waals surface area (Å²) in [5.74, 6) is 1.60. The maximum atomic E-state index is 6.35. The fourth-order valence-corrected chi connectivity index (χ4v) is 3.09. The summed E-state index contributed by atoms with van der Waals surface area (Å²) in [6.45, 7) is 0.639. The normalized spacial score (nSPS) is 11.2. The number of pyridine rings is 1. The monoisotopic (exact) mass is 353 g/mol. The third-order valence-corrected chi connectivity index (χ3v) is 4.45. The lowest BCUT2D eigenvalue weighted by Crippen LogP contribution is -1.99. The fourth-order valence-electron chi connectivity index (χ4n) is 2.87. The van der Waals surface area contributed by atoms with Crippen molar-refractivity contribution in [3.63, 3.8) is 0 Å². The molecule has 126 valence electrons. The van der Waals surface area contributed by atoms with Gasteiger partial charge in [0.1, 0.15) is 22.2 Å². The van der Waals surface area contributed by atoms with Crippen molar-refractivity contribution in [1.29, 1.82) is 0 Å². The molecule has 0 aliphatic heterocycles. The maximum Gasteiger partial charge on any atom is 0.140 e. The van der Waals surface area contributed by atoms with Gasteiger partial charge in [0, 0.05) is 11.6 Å². The number of methoxy groups -OCH3 is 2. The molecular weight excluding hydrogens is 338 g/mol. The summed E-state index contributed by atoms with van der Waals surface area (Å²) >= 11 is 6.35. The molecule has 2 heterocycles. The van der Waals surface area contributed by atoms with Gasteiger partial charge in [-0.1, -0.05) is 23.7 Å². The molecule has 4 rings (SSSR count). The number of hydrogen-bond acceptors (Lipinski definition) is 4. The molecule has 0 aliphatic carbocycles. The van der Waals surface area contributed by atoms with Crippen LogP contribution in [-0.4, -0.2) is 29.0 Å². The lowest BCUT2D eigenvalue weighted by Gasteiger charge is -2.04. The summed E-state index contributed by atoms with van der Waals surface area (Å²) in [5.41, 5.74) is 2.75. The zero-order valence-electron chi connectivity index (χ0n) is 13.9. The Balaban J connectivity index is 1.80. The predicted octanol–water partition coefficient (Wildman–Crippen LogP) is 4.30. The molecule has 0 spiro atoms. The molecule has 0 amide bonds. The van der Waals surface area contributed by atoms with Crippen LogP contribution in [0.5, 0.6) is 11.5 Å². The lowest BCUT2D eigenvalue weighted by atomic mass is 10.1. The highest BCUT2D eigenvalue weighted by atomic mass is 35.5. The molecule has 0 unspecified atom stereocenters. The first-order chi connectivity index (χ1) is 12.2. The molecule has 0 N–H and O–H groups in total. The second kappa shape index (κ2) is 6.26. The molecule has 6 heteroatoms. The van der Waals surface area contributed by atoms with Crippen molar-refractivity contribution >= 4 is 33.4 Å². The third-order valence-electron chi connectivity index (χ3n) is 4.17. The number of nitrogens with zero attached hydrogens (tertiary/aromatic N) is 3. The van der Waals surface area contributed by atoms with Gasteiger partial charge in [0.2, 0.25) is 0 Å². The van der Waals surface area contributed by atoms with Gasteiger partial charge in [0.15, 0.2) is 0 Å². The molecule has 2 aromatic heterocycles. The Bertz CT molecular complexity index is 1060. The van der Waals surface area contributed by atoms with Crippen LogP contribution in [-0.2, 0) is 6.54 Å². The summed E-state index contributed by atoms with van der Waals surface area (Å²) < 4.78 is 12.4. The van der Waals surface area contributed by atoms with Crippen molar-refractivity contribution in [3.8, 4) is 11.5 Å². The smallest absolute Gasteiger partial charge is 0.140 e. The van der Waals surface area contributed by atoms with E-state index in [1.54, 1.807) is 14.2 Å². The maximum absolute atomic E-state index is 6.35. The molecule has 0 radical (unpaired) electrons. The molecule has 4 aromatic rings. The van der Waals surface area contributed by atoms with Crippen LogP contribution in [0.15, 0.2) is 48.7 Å². The van der Waals surface area contributed by atoms with Gasteiger partial charge in [-0.25, -0.2) is 4.98 Å². The van der Waals surface area contributed by atoms with E-state index >= 15 is 0 Å². The largest absolute Gasteiger partial charge is 0.497 e. The van der Waals surface area contributed by atoms with E-state index in [0.29, 0.717) is 11.7 Å². The number of rotatable bonds is 4. The van der Waals surface area contributed by atoms with Crippen LogP contribution in [0.3, 0.4) is 0 Å². The molecule has 0 aliphatic rings. The van der Waals surface area contributed by atoms with Crippen LogP contribution in [0.2, 0.25) is 5.15 Å². The van der Waals surface area contributed by atoms with Crippen LogP contribution >= 0.6 is 11.6 Å². The van der Waals surface area contributed by atoms with Gasteiger partial charge in [-0.05, 0) is 35.9 Å². The Morgan fingerprint density at radius 1 is 0.960 bits per heavy atom. The van der Waals surface area contributed by atoms with E-state index in [0.717, 1.165) is 38.9 Å². The third kappa shape index (κ3) is 2.87. The van der Waals surface area contributed by atoms with Crippen LogP contribution in [0.25, 0.3) is 21.8 Å². The number of benzene rings is 2. The minimum atomic E-state index is 0.452. The van der Waals surface area contributed by atoms with Gasteiger partial charge in [0.25, 0.3) is 0 Å². The van der Waals surface area contributed by atoms with Gasteiger partial charge in [-0.15, -0.1) is 0 Å². The van der Waals surface area contributed by atoms with E-state index < -0.39 is 0 Å². The molecular formula is C19H16ClN3O2. The zero-order valence-corrected chi connectivity index (χ0v) is 14.6. The van der Waals surface area contributed by atoms with E-state index in [9.17, 15) is 0 Å². The van der Waals surface area contributed by atoms with Crippen molar-refractivity contribution in [3.05, 3.63) is 59.4 Å². The average molecular weight is 354 g/mol. The average Bonchev–Trinajstić information content (AvgIpc) is 3.07. The Morgan fingerprint density at radius 2 is 1.68 bits per heavy atom. The Morgan fingerprint density at radius 3 is 2.40 bits per heavy atom. The summed E-state index contributed by atoms with van der Waals surface area (Å²) in [5, 5.41) is 6.93. The van der Waals surface area contributed by atoms with Crippen LogP contribution in [0.4, 0.5) is 0 Å². The second-order valence-corrected chi connectivity index (χ2v) is 6.08. The van der Waals surface area contributed by atoms with Gasteiger partial charge in [-0.2, -0.15) is 5.10 Å². The van der Waals surface area contributed by atoms with Crippen molar-refractivity contribution in [2.45, 2.75) is 6.54 Å². The number of hydrogen-bond donors (Lipinski definition) is 0. The minimum absolute atomic E-state index is 0.452. The van der Waals surface area contributed by atoms with E-state index in [1.807, 2.05) is 53.3 Å². The van der Waals surface area contributed by atoms with Gasteiger partial charge in [0.05, 0.1) is 31.7 Å². The summed E-state index contributed by atoms with van der Waals surface area (Å²) in [6, 6.07) is 13.6. The molecule has 2 aromatic carbocycles. The highest BCUT2D eigenvalue weighted by molar-refractivity contribution is 6.35. The molecule has 0 fully saturated rings. The van der Waals surface area contributed by atoms with Crippen molar-refractivity contribution in [2.75, 3.05) is 14.2 Å². The quantitative estimate of drug-likeness (QED) is 0.513. The molecule has 25 heavy (non-hydrogen) atoms. The van der Waals surface area contributed by atoms with E-state index in [4.69, 9.17) is 26.2 Å². The Labute approximate surface area is 149 Å². The van der Waals surface area contributed by atoms with Crippen LogP contribution in [0, 0.1) is 0 Å². The summed E-state index contributed by atoms with van der Waals surface area (Å²) in [4.78, 5) is 4.46. The number of fused-ring (bicyclic) bond motifs is 3. The SMILES string of the molecule is COc1ccc(Cn2cc3c(Cl)nc4ccc(OC)cc4c3n2)cc1. The minimum Gasteiger partial charge on any atom is -0.497 e. The molecule has 0 saturated heterocycles. The molecule has 0 bridgehead atoms. The standard InChI is InChI=1S/C19H16ClN3O2/c1-24-13-5-3-12(4-6-13)10-23-11-16-18(22-23)15-9-14(25-2)7-8-17(15)21-19(16)20/h3-9,11H,10H2,1-2H3. The first-order valence-corrected chi connectivity index (χ1v) is 8.19.